The first-order valence-electron chi connectivity index (χ1n) is 6.03. The Kier molecular flexibility index (Phi) is 4.39. The summed E-state index contributed by atoms with van der Waals surface area (Å²) in [4.78, 5) is 24.2. The molecule has 19 heavy (non-hydrogen) atoms. The van der Waals surface area contributed by atoms with E-state index in [0.717, 1.165) is 12.0 Å². The van der Waals surface area contributed by atoms with Gasteiger partial charge in [0.05, 0.1) is 13.7 Å². The highest BCUT2D eigenvalue weighted by Crippen LogP contribution is 2.27. The summed E-state index contributed by atoms with van der Waals surface area (Å²) >= 11 is 0. The zero-order valence-electron chi connectivity index (χ0n) is 11.6. The third-order valence-corrected chi connectivity index (χ3v) is 2.85. The van der Waals surface area contributed by atoms with Crippen molar-refractivity contribution in [2.45, 2.75) is 44.6 Å². The van der Waals surface area contributed by atoms with Crippen LogP contribution in [-0.2, 0) is 14.3 Å². The van der Waals surface area contributed by atoms with Crippen molar-refractivity contribution in [1.82, 2.24) is 4.90 Å². The number of methoxy groups -OCH3 is 1. The van der Waals surface area contributed by atoms with Gasteiger partial charge in [-0.2, -0.15) is 0 Å². The molecule has 0 aromatic rings. The highest BCUT2D eigenvalue weighted by molar-refractivity contribution is 5.80. The maximum atomic E-state index is 13.9. The molecule has 1 amide bonds. The smallest absolute Gasteiger partial charge is 0.410 e. The minimum Gasteiger partial charge on any atom is -0.467 e. The van der Waals surface area contributed by atoms with E-state index in [1.165, 1.54) is 0 Å². The Bertz CT molecular complexity index is 368. The SMILES string of the molecule is COC(=O)[C@@]1(O)CCN(C(=O)OC(C)(C)C)C[C@H]1F. The number of carbonyl (C=O) groups excluding carboxylic acids is 2. The Morgan fingerprint density at radius 3 is 2.42 bits per heavy atom. The summed E-state index contributed by atoms with van der Waals surface area (Å²) in [6.07, 6.45) is -2.79. The zero-order chi connectivity index (χ0) is 14.8. The molecule has 2 atom stereocenters. The molecular formula is C12H20FNO5. The largest absolute Gasteiger partial charge is 0.467 e. The zero-order valence-corrected chi connectivity index (χ0v) is 11.6. The van der Waals surface area contributed by atoms with Crippen LogP contribution in [0.3, 0.4) is 0 Å². The summed E-state index contributed by atoms with van der Waals surface area (Å²) in [7, 11) is 1.08. The van der Waals surface area contributed by atoms with Gasteiger partial charge in [-0.15, -0.1) is 0 Å². The van der Waals surface area contributed by atoms with E-state index < -0.39 is 36.0 Å². The van der Waals surface area contributed by atoms with Gasteiger partial charge in [-0.25, -0.2) is 14.0 Å². The van der Waals surface area contributed by atoms with Gasteiger partial charge in [0.2, 0.25) is 0 Å². The van der Waals surface area contributed by atoms with Crippen LogP contribution in [0.25, 0.3) is 0 Å². The van der Waals surface area contributed by atoms with E-state index in [1.807, 2.05) is 0 Å². The first-order chi connectivity index (χ1) is 8.60. The Labute approximate surface area is 111 Å². The predicted octanol–water partition coefficient (Wildman–Crippen LogP) is 0.869. The minimum absolute atomic E-state index is 0.0287. The number of halogens is 1. The van der Waals surface area contributed by atoms with E-state index in [2.05, 4.69) is 4.74 Å². The fourth-order valence-corrected chi connectivity index (χ4v) is 1.80. The molecule has 0 aliphatic carbocycles. The number of aliphatic hydroxyl groups is 1. The van der Waals surface area contributed by atoms with Crippen LogP contribution >= 0.6 is 0 Å². The fraction of sp³-hybridized carbons (Fsp3) is 0.833. The first-order valence-corrected chi connectivity index (χ1v) is 6.03. The van der Waals surface area contributed by atoms with E-state index >= 15 is 0 Å². The Balaban J connectivity index is 2.69. The van der Waals surface area contributed by atoms with Gasteiger partial charge < -0.3 is 19.5 Å². The summed E-state index contributed by atoms with van der Waals surface area (Å²) in [5.41, 5.74) is -2.87. The standard InChI is InChI=1S/C12H20FNO5/c1-11(2,3)19-10(16)14-6-5-12(17,8(13)7-14)9(15)18-4/h8,17H,5-7H2,1-4H3/t8-,12-/m1/s1. The second kappa shape index (κ2) is 5.32. The van der Waals surface area contributed by atoms with E-state index in [4.69, 9.17) is 4.74 Å². The Morgan fingerprint density at radius 1 is 1.42 bits per heavy atom. The van der Waals surface area contributed by atoms with Crippen molar-refractivity contribution < 1.29 is 28.6 Å². The molecule has 1 aliphatic heterocycles. The van der Waals surface area contributed by atoms with E-state index in [9.17, 15) is 19.1 Å². The van der Waals surface area contributed by atoms with E-state index in [1.54, 1.807) is 20.8 Å². The number of amides is 1. The van der Waals surface area contributed by atoms with Crippen LogP contribution in [-0.4, -0.2) is 59.6 Å². The molecule has 1 rings (SSSR count). The summed E-state index contributed by atoms with van der Waals surface area (Å²) in [6.45, 7) is 4.73. The Hall–Kier alpha value is -1.37. The lowest BCUT2D eigenvalue weighted by molar-refractivity contribution is -0.176. The highest BCUT2D eigenvalue weighted by Gasteiger charge is 2.50. The summed E-state index contributed by atoms with van der Waals surface area (Å²) in [6, 6.07) is 0. The predicted molar refractivity (Wildman–Crippen MR) is 64.3 cm³/mol. The van der Waals surface area contributed by atoms with Crippen molar-refractivity contribution in [3.05, 3.63) is 0 Å². The van der Waals surface area contributed by atoms with Crippen molar-refractivity contribution in [3.8, 4) is 0 Å². The number of ether oxygens (including phenoxy) is 2. The van der Waals surface area contributed by atoms with Gasteiger partial charge >= 0.3 is 12.1 Å². The van der Waals surface area contributed by atoms with Crippen molar-refractivity contribution >= 4 is 12.1 Å². The van der Waals surface area contributed by atoms with Crippen molar-refractivity contribution in [2.24, 2.45) is 0 Å². The maximum absolute atomic E-state index is 13.9. The monoisotopic (exact) mass is 277 g/mol. The van der Waals surface area contributed by atoms with Crippen molar-refractivity contribution in [2.75, 3.05) is 20.2 Å². The normalized spacial score (nSPS) is 27.9. The highest BCUT2D eigenvalue weighted by atomic mass is 19.1. The number of nitrogens with zero attached hydrogens (tertiary/aromatic N) is 1. The molecule has 7 heteroatoms. The van der Waals surface area contributed by atoms with Crippen molar-refractivity contribution in [3.63, 3.8) is 0 Å². The van der Waals surface area contributed by atoms with Crippen LogP contribution < -0.4 is 0 Å². The molecule has 0 radical (unpaired) electrons. The van der Waals surface area contributed by atoms with Crippen molar-refractivity contribution in [1.29, 1.82) is 0 Å². The minimum atomic E-state index is -2.19. The molecule has 0 aromatic carbocycles. The summed E-state index contributed by atoms with van der Waals surface area (Å²) in [5.74, 6) is -1.02. The number of hydrogen-bond acceptors (Lipinski definition) is 5. The molecule has 0 aromatic heterocycles. The van der Waals surface area contributed by atoms with Gasteiger partial charge in [-0.1, -0.05) is 0 Å². The average Bonchev–Trinajstić information content (AvgIpc) is 2.29. The molecule has 1 N–H and O–H groups in total. The third kappa shape index (κ3) is 3.56. The average molecular weight is 277 g/mol. The third-order valence-electron chi connectivity index (χ3n) is 2.85. The molecule has 1 saturated heterocycles. The molecule has 110 valence electrons. The molecule has 0 unspecified atom stereocenters. The van der Waals surface area contributed by atoms with Gasteiger partial charge in [-0.3, -0.25) is 0 Å². The molecule has 1 heterocycles. The topological polar surface area (TPSA) is 76.1 Å². The van der Waals surface area contributed by atoms with Crippen LogP contribution in [0, 0.1) is 0 Å². The lowest BCUT2D eigenvalue weighted by Crippen LogP contribution is -2.59. The number of piperidine rings is 1. The number of carbonyl (C=O) groups is 2. The van der Waals surface area contributed by atoms with Crippen LogP contribution in [0.5, 0.6) is 0 Å². The quantitative estimate of drug-likeness (QED) is 0.720. The second-order valence-electron chi connectivity index (χ2n) is 5.56. The fourth-order valence-electron chi connectivity index (χ4n) is 1.80. The van der Waals surface area contributed by atoms with Gasteiger partial charge in [-0.05, 0) is 20.8 Å². The van der Waals surface area contributed by atoms with E-state index in [-0.39, 0.29) is 13.0 Å². The van der Waals surface area contributed by atoms with E-state index in [0.29, 0.717) is 0 Å². The Morgan fingerprint density at radius 2 is 2.00 bits per heavy atom. The number of alkyl halides is 1. The molecule has 1 aliphatic rings. The summed E-state index contributed by atoms with van der Waals surface area (Å²) in [5, 5.41) is 9.91. The molecule has 1 fully saturated rings. The van der Waals surface area contributed by atoms with Gasteiger partial charge in [0, 0.05) is 13.0 Å². The molecule has 0 spiro atoms. The molecule has 0 saturated carbocycles. The molecule has 6 nitrogen and oxygen atoms in total. The number of likely N-dealkylation sites (tertiary alicyclic amines) is 1. The number of esters is 1. The summed E-state index contributed by atoms with van der Waals surface area (Å²) < 4.78 is 23.4. The first kappa shape index (κ1) is 15.7. The van der Waals surface area contributed by atoms with Gasteiger partial charge in [0.25, 0.3) is 0 Å². The molecule has 0 bridgehead atoms. The van der Waals surface area contributed by atoms with Crippen LogP contribution in [0.1, 0.15) is 27.2 Å². The molecular weight excluding hydrogens is 257 g/mol. The maximum Gasteiger partial charge on any atom is 0.410 e. The van der Waals surface area contributed by atoms with Crippen LogP contribution in [0.4, 0.5) is 9.18 Å². The van der Waals surface area contributed by atoms with Gasteiger partial charge in [0.1, 0.15) is 5.60 Å². The van der Waals surface area contributed by atoms with Crippen LogP contribution in [0.15, 0.2) is 0 Å². The lowest BCUT2D eigenvalue weighted by atomic mass is 9.90. The van der Waals surface area contributed by atoms with Gasteiger partial charge in [0.15, 0.2) is 11.8 Å². The second-order valence-corrected chi connectivity index (χ2v) is 5.56. The van der Waals surface area contributed by atoms with Crippen LogP contribution in [0.2, 0.25) is 0 Å². The lowest BCUT2D eigenvalue weighted by Gasteiger charge is -2.38. The number of rotatable bonds is 1. The number of hydrogen-bond donors (Lipinski definition) is 1.